The van der Waals surface area contributed by atoms with Crippen LogP contribution >= 0.6 is 0 Å². The lowest BCUT2D eigenvalue weighted by atomic mass is 9.91. The summed E-state index contributed by atoms with van der Waals surface area (Å²) in [5.41, 5.74) is 3.58. The van der Waals surface area contributed by atoms with E-state index in [1.807, 2.05) is 69.1 Å². The molecule has 0 spiro atoms. The van der Waals surface area contributed by atoms with Crippen LogP contribution in [0.4, 0.5) is 4.79 Å². The molecule has 1 N–H and O–H groups in total. The van der Waals surface area contributed by atoms with Crippen molar-refractivity contribution in [3.63, 3.8) is 0 Å². The van der Waals surface area contributed by atoms with E-state index in [0.717, 1.165) is 55.1 Å². The van der Waals surface area contributed by atoms with Crippen LogP contribution in [-0.4, -0.2) is 79.3 Å². The number of nitrogens with zero attached hydrogens (tertiary/aromatic N) is 6. The Morgan fingerprint density at radius 1 is 1.26 bits per heavy atom. The van der Waals surface area contributed by atoms with E-state index in [1.54, 1.807) is 11.9 Å². The number of aliphatic hydroxyl groups excluding tert-OH is 1. The number of carbonyl (C=O) groups excluding carboxylic acids is 1. The van der Waals surface area contributed by atoms with E-state index in [0.29, 0.717) is 13.1 Å². The van der Waals surface area contributed by atoms with Crippen LogP contribution in [0.3, 0.4) is 0 Å². The van der Waals surface area contributed by atoms with Crippen LogP contribution in [-0.2, 0) is 24.3 Å². The molecule has 3 heterocycles. The number of aromatic nitrogens is 3. The standard InChI is InChI=1S/C30H44N6O3/c1-7-8-14-27(35-17-15-23(18-35)34(6)29(38)39-30(2,3)4)36-21-32-24(26(36)20-37)19-33(5)25-13-9-11-22-12-10-16-31-28(22)25/h7-8,10,12,14,16,21,23,25,37H,9,11,13,15,17-20H2,1-6H3/b8-7-,27-14-/t23?,25-/m0/s1. The monoisotopic (exact) mass is 536 g/mol. The van der Waals surface area contributed by atoms with E-state index in [9.17, 15) is 9.90 Å². The van der Waals surface area contributed by atoms with Crippen molar-refractivity contribution in [1.29, 1.82) is 0 Å². The van der Waals surface area contributed by atoms with Gasteiger partial charge in [-0.05, 0) is 78.1 Å². The van der Waals surface area contributed by atoms with Crippen LogP contribution in [0.5, 0.6) is 0 Å². The fourth-order valence-electron chi connectivity index (χ4n) is 5.54. The normalized spacial score (nSPS) is 20.1. The molecule has 1 aliphatic heterocycles. The maximum atomic E-state index is 12.7. The van der Waals surface area contributed by atoms with Gasteiger partial charge in [-0.2, -0.15) is 0 Å². The van der Waals surface area contributed by atoms with Crippen molar-refractivity contribution < 1.29 is 14.6 Å². The van der Waals surface area contributed by atoms with Crippen molar-refractivity contribution in [2.45, 2.75) is 84.2 Å². The van der Waals surface area contributed by atoms with Gasteiger partial charge in [0, 0.05) is 32.9 Å². The highest BCUT2D eigenvalue weighted by atomic mass is 16.6. The van der Waals surface area contributed by atoms with E-state index < -0.39 is 5.60 Å². The molecule has 0 radical (unpaired) electrons. The molecule has 9 nitrogen and oxygen atoms in total. The minimum atomic E-state index is -0.535. The van der Waals surface area contributed by atoms with Gasteiger partial charge in [0.15, 0.2) is 0 Å². The smallest absolute Gasteiger partial charge is 0.410 e. The molecule has 1 fully saturated rings. The summed E-state index contributed by atoms with van der Waals surface area (Å²) in [4.78, 5) is 28.4. The number of ether oxygens (including phenoxy) is 1. The lowest BCUT2D eigenvalue weighted by Crippen LogP contribution is -2.42. The molecule has 2 aromatic rings. The van der Waals surface area contributed by atoms with Crippen molar-refractivity contribution in [3.8, 4) is 0 Å². The fourth-order valence-corrected chi connectivity index (χ4v) is 5.54. The number of amides is 1. The molecule has 2 aliphatic rings. The largest absolute Gasteiger partial charge is 0.444 e. The molecule has 212 valence electrons. The Balaban J connectivity index is 1.53. The number of carbonyl (C=O) groups is 1. The Labute approximate surface area is 232 Å². The summed E-state index contributed by atoms with van der Waals surface area (Å²) in [5, 5.41) is 10.5. The second kappa shape index (κ2) is 12.3. The average Bonchev–Trinajstić information content (AvgIpc) is 3.55. The van der Waals surface area contributed by atoms with Gasteiger partial charge in [-0.3, -0.25) is 14.5 Å². The predicted molar refractivity (Wildman–Crippen MR) is 153 cm³/mol. The van der Waals surface area contributed by atoms with Gasteiger partial charge in [0.1, 0.15) is 17.7 Å². The zero-order valence-corrected chi connectivity index (χ0v) is 24.3. The van der Waals surface area contributed by atoms with Crippen LogP contribution in [0.15, 0.2) is 42.9 Å². The molecule has 1 amide bonds. The van der Waals surface area contributed by atoms with Crippen molar-refractivity contribution in [3.05, 3.63) is 65.5 Å². The Morgan fingerprint density at radius 3 is 2.77 bits per heavy atom. The van der Waals surface area contributed by atoms with Crippen molar-refractivity contribution in [1.82, 2.24) is 29.2 Å². The van der Waals surface area contributed by atoms with E-state index in [2.05, 4.69) is 22.9 Å². The van der Waals surface area contributed by atoms with Crippen LogP contribution in [0, 0.1) is 0 Å². The molecule has 4 rings (SSSR count). The van der Waals surface area contributed by atoms with Gasteiger partial charge < -0.3 is 19.6 Å². The van der Waals surface area contributed by atoms with Crippen LogP contribution in [0.1, 0.15) is 75.6 Å². The van der Waals surface area contributed by atoms with Crippen LogP contribution < -0.4 is 0 Å². The molecule has 0 aromatic carbocycles. The van der Waals surface area contributed by atoms with Crippen LogP contribution in [0.25, 0.3) is 5.82 Å². The van der Waals surface area contributed by atoms with Gasteiger partial charge in [-0.1, -0.05) is 18.2 Å². The third-order valence-electron chi connectivity index (χ3n) is 7.60. The van der Waals surface area contributed by atoms with Gasteiger partial charge in [0.25, 0.3) is 0 Å². The molecule has 0 saturated carbocycles. The Kier molecular flexibility index (Phi) is 9.12. The molecule has 1 unspecified atom stereocenters. The lowest BCUT2D eigenvalue weighted by molar-refractivity contribution is 0.0231. The number of imidazole rings is 1. The molecule has 39 heavy (non-hydrogen) atoms. The minimum absolute atomic E-state index is 0.0272. The number of rotatable bonds is 8. The average molecular weight is 537 g/mol. The first kappa shape index (κ1) is 28.8. The number of aryl methyl sites for hydroxylation is 1. The number of fused-ring (bicyclic) bond motifs is 1. The molecule has 1 saturated heterocycles. The van der Waals surface area contributed by atoms with Gasteiger partial charge in [0.05, 0.1) is 35.8 Å². The van der Waals surface area contributed by atoms with Gasteiger partial charge in [0.2, 0.25) is 0 Å². The van der Waals surface area contributed by atoms with Crippen molar-refractivity contribution >= 4 is 11.9 Å². The van der Waals surface area contributed by atoms with Crippen molar-refractivity contribution in [2.75, 3.05) is 27.2 Å². The zero-order chi connectivity index (χ0) is 28.2. The Bertz CT molecular complexity index is 1200. The summed E-state index contributed by atoms with van der Waals surface area (Å²) in [6, 6.07) is 4.45. The summed E-state index contributed by atoms with van der Waals surface area (Å²) >= 11 is 0. The summed E-state index contributed by atoms with van der Waals surface area (Å²) in [5.74, 6) is 0.934. The molecular weight excluding hydrogens is 492 g/mol. The number of hydrogen-bond donors (Lipinski definition) is 1. The molecular formula is C30H44N6O3. The molecule has 0 bridgehead atoms. The maximum Gasteiger partial charge on any atom is 0.410 e. The number of likely N-dealkylation sites (tertiary alicyclic amines) is 1. The summed E-state index contributed by atoms with van der Waals surface area (Å²) in [6.45, 7) is 9.57. The fraction of sp³-hybridized carbons (Fsp3) is 0.567. The highest BCUT2D eigenvalue weighted by molar-refractivity contribution is 5.68. The van der Waals surface area contributed by atoms with Crippen LogP contribution in [0.2, 0.25) is 0 Å². The third-order valence-corrected chi connectivity index (χ3v) is 7.60. The first-order chi connectivity index (χ1) is 18.6. The zero-order valence-electron chi connectivity index (χ0n) is 24.3. The quantitative estimate of drug-likeness (QED) is 0.494. The summed E-state index contributed by atoms with van der Waals surface area (Å²) in [6.07, 6.45) is 13.5. The van der Waals surface area contributed by atoms with Crippen molar-refractivity contribution in [2.24, 2.45) is 0 Å². The minimum Gasteiger partial charge on any atom is -0.444 e. The highest BCUT2D eigenvalue weighted by Gasteiger charge is 2.33. The predicted octanol–water partition coefficient (Wildman–Crippen LogP) is 4.60. The van der Waals surface area contributed by atoms with E-state index in [1.165, 1.54) is 5.56 Å². The maximum absolute atomic E-state index is 12.7. The number of pyridine rings is 1. The molecule has 1 aliphatic carbocycles. The first-order valence-electron chi connectivity index (χ1n) is 14.0. The highest BCUT2D eigenvalue weighted by Crippen LogP contribution is 2.33. The Morgan fingerprint density at radius 2 is 2.05 bits per heavy atom. The molecule has 2 aromatic heterocycles. The number of likely N-dealkylation sites (N-methyl/N-ethyl adjacent to an activating group) is 1. The topological polar surface area (TPSA) is 87.0 Å². The second-order valence-corrected chi connectivity index (χ2v) is 11.6. The number of aliphatic hydroxyl groups is 1. The summed E-state index contributed by atoms with van der Waals surface area (Å²) in [7, 11) is 3.92. The Hall–Kier alpha value is -3.17. The SMILES string of the molecule is C/C=C\C=C(\N1CCC(N(C)C(=O)OC(C)(C)C)C1)n1cnc(CN(C)[C@H]2CCCc3cccnc32)c1CO. The van der Waals surface area contributed by atoms with Gasteiger partial charge >= 0.3 is 6.09 Å². The third kappa shape index (κ3) is 6.70. The van der Waals surface area contributed by atoms with E-state index in [4.69, 9.17) is 14.7 Å². The first-order valence-corrected chi connectivity index (χ1v) is 14.0. The molecule has 2 atom stereocenters. The van der Waals surface area contributed by atoms with E-state index in [-0.39, 0.29) is 24.8 Å². The van der Waals surface area contributed by atoms with Gasteiger partial charge in [-0.25, -0.2) is 9.78 Å². The lowest BCUT2D eigenvalue weighted by Gasteiger charge is -2.32. The second-order valence-electron chi connectivity index (χ2n) is 11.6. The number of allylic oxidation sites excluding steroid dienone is 3. The summed E-state index contributed by atoms with van der Waals surface area (Å²) < 4.78 is 7.58. The van der Waals surface area contributed by atoms with E-state index >= 15 is 0 Å². The number of hydrogen-bond acceptors (Lipinski definition) is 7. The molecule has 9 heteroatoms. The van der Waals surface area contributed by atoms with Gasteiger partial charge in [-0.15, -0.1) is 0 Å².